The van der Waals surface area contributed by atoms with Gasteiger partial charge in [-0.2, -0.15) is 0 Å². The number of nitrogens with zero attached hydrogens (tertiary/aromatic N) is 1. The normalized spacial score (nSPS) is 12.5. The summed E-state index contributed by atoms with van der Waals surface area (Å²) in [4.78, 5) is 0. The number of para-hydroxylation sites is 1. The van der Waals surface area contributed by atoms with Crippen LogP contribution in [0.25, 0.3) is 10.9 Å². The van der Waals surface area contributed by atoms with E-state index in [1.165, 1.54) is 16.5 Å². The smallest absolute Gasteiger partial charge is 0.0483 e. The number of hydrogen-bond acceptors (Lipinski definition) is 1. The summed E-state index contributed by atoms with van der Waals surface area (Å²) in [5, 5.41) is 1.28. The maximum Gasteiger partial charge on any atom is 0.0483 e. The third-order valence-electron chi connectivity index (χ3n) is 2.65. The number of nitrogens with two attached hydrogens (primary N) is 1. The number of fused-ring (bicyclic) bond motifs is 1. The summed E-state index contributed by atoms with van der Waals surface area (Å²) in [6, 6.07) is 8.52. The lowest BCUT2D eigenvalue weighted by atomic mass is 10.1. The van der Waals surface area contributed by atoms with Crippen LogP contribution in [0.2, 0.25) is 0 Å². The van der Waals surface area contributed by atoms with Crippen molar-refractivity contribution in [3.8, 4) is 0 Å². The van der Waals surface area contributed by atoms with Gasteiger partial charge in [0.1, 0.15) is 0 Å². The molecule has 0 bridgehead atoms. The lowest BCUT2D eigenvalue weighted by molar-refractivity contribution is 0.770. The second-order valence-electron chi connectivity index (χ2n) is 3.68. The van der Waals surface area contributed by atoms with Crippen LogP contribution in [-0.2, 0) is 6.54 Å². The van der Waals surface area contributed by atoms with Gasteiger partial charge < -0.3 is 10.3 Å². The maximum atomic E-state index is 5.93. The summed E-state index contributed by atoms with van der Waals surface area (Å²) in [7, 11) is 0. The van der Waals surface area contributed by atoms with Crippen molar-refractivity contribution in [2.24, 2.45) is 5.73 Å². The monoisotopic (exact) mass is 224 g/mol. The molecule has 0 aliphatic heterocycles. The molecular weight excluding hydrogens is 208 g/mol. The third kappa shape index (κ3) is 2.01. The lowest BCUT2D eigenvalue weighted by Gasteiger charge is -2.01. The minimum absolute atomic E-state index is 0. The first-order chi connectivity index (χ1) is 6.74. The second-order valence-corrected chi connectivity index (χ2v) is 3.68. The van der Waals surface area contributed by atoms with Crippen molar-refractivity contribution in [3.63, 3.8) is 0 Å². The topological polar surface area (TPSA) is 30.9 Å². The van der Waals surface area contributed by atoms with Crippen molar-refractivity contribution in [2.45, 2.75) is 26.4 Å². The molecule has 0 spiro atoms. The van der Waals surface area contributed by atoms with Crippen LogP contribution < -0.4 is 5.73 Å². The average molecular weight is 225 g/mol. The van der Waals surface area contributed by atoms with E-state index in [1.54, 1.807) is 0 Å². The number of aromatic nitrogens is 1. The van der Waals surface area contributed by atoms with Crippen LogP contribution in [0, 0.1) is 0 Å². The van der Waals surface area contributed by atoms with Crippen molar-refractivity contribution in [1.29, 1.82) is 0 Å². The summed E-state index contributed by atoms with van der Waals surface area (Å²) >= 11 is 0. The Hall–Kier alpha value is -0.990. The first-order valence-corrected chi connectivity index (χ1v) is 5.07. The molecule has 1 aromatic heterocycles. The molecule has 0 aliphatic rings. The Bertz CT molecular complexity index is 446. The summed E-state index contributed by atoms with van der Waals surface area (Å²) < 4.78 is 2.24. The number of rotatable bonds is 2. The van der Waals surface area contributed by atoms with E-state index in [2.05, 4.69) is 42.0 Å². The van der Waals surface area contributed by atoms with E-state index in [0.29, 0.717) is 0 Å². The molecule has 1 aromatic carbocycles. The summed E-state index contributed by atoms with van der Waals surface area (Å²) in [5.74, 6) is 0. The predicted octanol–water partition coefficient (Wildman–Crippen LogP) is 3.10. The lowest BCUT2D eigenvalue weighted by Crippen LogP contribution is -2.03. The molecule has 3 heteroatoms. The van der Waals surface area contributed by atoms with Crippen LogP contribution in [-0.4, -0.2) is 4.57 Å². The van der Waals surface area contributed by atoms with Gasteiger partial charge in [0.05, 0.1) is 0 Å². The van der Waals surface area contributed by atoms with Crippen LogP contribution in [0.1, 0.15) is 25.5 Å². The fraction of sp³-hybridized carbons (Fsp3) is 0.333. The molecule has 0 aliphatic carbocycles. The van der Waals surface area contributed by atoms with E-state index in [9.17, 15) is 0 Å². The molecule has 0 amide bonds. The Morgan fingerprint density at radius 1 is 1.33 bits per heavy atom. The van der Waals surface area contributed by atoms with Crippen LogP contribution in [0.15, 0.2) is 30.5 Å². The molecule has 0 fully saturated rings. The number of hydrogen-bond donors (Lipinski definition) is 1. The van der Waals surface area contributed by atoms with Gasteiger partial charge in [-0.3, -0.25) is 0 Å². The highest BCUT2D eigenvalue weighted by atomic mass is 35.5. The van der Waals surface area contributed by atoms with Crippen LogP contribution in [0.3, 0.4) is 0 Å². The predicted molar refractivity (Wildman–Crippen MR) is 67.5 cm³/mol. The molecule has 2 rings (SSSR count). The zero-order valence-corrected chi connectivity index (χ0v) is 9.92. The summed E-state index contributed by atoms with van der Waals surface area (Å²) in [6.45, 7) is 5.17. The Morgan fingerprint density at radius 2 is 2.00 bits per heavy atom. The van der Waals surface area contributed by atoms with Gasteiger partial charge in [0.15, 0.2) is 0 Å². The van der Waals surface area contributed by atoms with Gasteiger partial charge in [-0.05, 0) is 25.5 Å². The van der Waals surface area contributed by atoms with Crippen molar-refractivity contribution in [1.82, 2.24) is 4.57 Å². The van der Waals surface area contributed by atoms with E-state index in [-0.39, 0.29) is 18.4 Å². The van der Waals surface area contributed by atoms with E-state index < -0.39 is 0 Å². The Labute approximate surface area is 96.5 Å². The highest BCUT2D eigenvalue weighted by Crippen LogP contribution is 2.24. The molecule has 82 valence electrons. The van der Waals surface area contributed by atoms with Gasteiger partial charge in [0.25, 0.3) is 0 Å². The van der Waals surface area contributed by atoms with Crippen molar-refractivity contribution >= 4 is 23.3 Å². The molecule has 2 N–H and O–H groups in total. The molecule has 0 saturated carbocycles. The van der Waals surface area contributed by atoms with E-state index in [0.717, 1.165) is 6.54 Å². The number of benzene rings is 1. The fourth-order valence-electron chi connectivity index (χ4n) is 1.90. The van der Waals surface area contributed by atoms with Gasteiger partial charge >= 0.3 is 0 Å². The standard InChI is InChI=1S/C12H16N2.ClH/c1-3-14-8-11(9(2)13)10-6-4-5-7-12(10)14;/h4-9H,3,13H2,1-2H3;1H. The van der Waals surface area contributed by atoms with Gasteiger partial charge in [0, 0.05) is 29.7 Å². The van der Waals surface area contributed by atoms with Gasteiger partial charge in [0.2, 0.25) is 0 Å². The van der Waals surface area contributed by atoms with E-state index >= 15 is 0 Å². The van der Waals surface area contributed by atoms with E-state index in [1.807, 2.05) is 6.92 Å². The van der Waals surface area contributed by atoms with Crippen LogP contribution >= 0.6 is 12.4 Å². The molecule has 0 radical (unpaired) electrons. The summed E-state index contributed by atoms with van der Waals surface area (Å²) in [6.07, 6.45) is 2.16. The Balaban J connectivity index is 0.00000112. The highest BCUT2D eigenvalue weighted by molar-refractivity contribution is 5.85. The summed E-state index contributed by atoms with van der Waals surface area (Å²) in [5.41, 5.74) is 8.45. The second kappa shape index (κ2) is 4.69. The van der Waals surface area contributed by atoms with Gasteiger partial charge in [-0.1, -0.05) is 18.2 Å². The Morgan fingerprint density at radius 3 is 2.60 bits per heavy atom. The zero-order chi connectivity index (χ0) is 10.1. The average Bonchev–Trinajstić information content (AvgIpc) is 2.56. The minimum atomic E-state index is 0. The van der Waals surface area contributed by atoms with E-state index in [4.69, 9.17) is 5.73 Å². The first-order valence-electron chi connectivity index (χ1n) is 5.07. The highest BCUT2D eigenvalue weighted by Gasteiger charge is 2.09. The minimum Gasteiger partial charge on any atom is -0.347 e. The van der Waals surface area contributed by atoms with Gasteiger partial charge in [-0.15, -0.1) is 12.4 Å². The van der Waals surface area contributed by atoms with Crippen LogP contribution in [0.4, 0.5) is 0 Å². The fourth-order valence-corrected chi connectivity index (χ4v) is 1.90. The molecule has 2 aromatic rings. The SMILES string of the molecule is CCn1cc(C(C)N)c2ccccc21.Cl. The number of halogens is 1. The van der Waals surface area contributed by atoms with Gasteiger partial charge in [-0.25, -0.2) is 0 Å². The maximum absolute atomic E-state index is 5.93. The molecule has 1 heterocycles. The number of aryl methyl sites for hydroxylation is 1. The first kappa shape index (κ1) is 12.1. The molecule has 0 saturated heterocycles. The Kier molecular flexibility index (Phi) is 3.77. The van der Waals surface area contributed by atoms with Crippen molar-refractivity contribution in [3.05, 3.63) is 36.0 Å². The molecule has 15 heavy (non-hydrogen) atoms. The molecular formula is C12H17ClN2. The molecule has 1 atom stereocenters. The van der Waals surface area contributed by atoms with Crippen molar-refractivity contribution < 1.29 is 0 Å². The molecule has 1 unspecified atom stereocenters. The molecule has 2 nitrogen and oxygen atoms in total. The van der Waals surface area contributed by atoms with Crippen molar-refractivity contribution in [2.75, 3.05) is 0 Å². The largest absolute Gasteiger partial charge is 0.347 e. The quantitative estimate of drug-likeness (QED) is 0.835. The zero-order valence-electron chi connectivity index (χ0n) is 9.10. The third-order valence-corrected chi connectivity index (χ3v) is 2.65. The van der Waals surface area contributed by atoms with Crippen LogP contribution in [0.5, 0.6) is 0 Å².